The van der Waals surface area contributed by atoms with Crippen LogP contribution >= 0.6 is 0 Å². The molecule has 0 bridgehead atoms. The average molecular weight is 760 g/mol. The third-order valence-electron chi connectivity index (χ3n) is 14.6. The van der Waals surface area contributed by atoms with E-state index in [1.165, 1.54) is 115 Å². The zero-order chi connectivity index (χ0) is 40.5. The molecule has 0 aromatic heterocycles. The summed E-state index contributed by atoms with van der Waals surface area (Å²) in [7, 11) is 0. The van der Waals surface area contributed by atoms with Crippen molar-refractivity contribution in [1.29, 1.82) is 0 Å². The Bertz CT molecular complexity index is 2610. The molecular weight excluding hydrogens is 701 g/mol. The number of hydrogen-bond donors (Lipinski definition) is 0. The van der Waals surface area contributed by atoms with Gasteiger partial charge in [0.15, 0.2) is 0 Å². The van der Waals surface area contributed by atoms with Crippen LogP contribution < -0.4 is 31.1 Å². The van der Waals surface area contributed by atoms with Gasteiger partial charge in [-0.3, -0.25) is 0 Å². The first kappa shape index (κ1) is 37.1. The van der Waals surface area contributed by atoms with Crippen LogP contribution in [0.4, 0.5) is 45.5 Å². The summed E-state index contributed by atoms with van der Waals surface area (Å²) in [6.45, 7) is 23.8. The number of hydrogen-bond acceptors (Lipinski definition) is 3. The van der Waals surface area contributed by atoms with Crippen LogP contribution in [0.15, 0.2) is 121 Å². The molecule has 0 saturated heterocycles. The lowest BCUT2D eigenvalue weighted by Crippen LogP contribution is -2.61. The van der Waals surface area contributed by atoms with Crippen LogP contribution in [0.2, 0.25) is 0 Å². The van der Waals surface area contributed by atoms with Crippen molar-refractivity contribution in [2.75, 3.05) is 14.7 Å². The summed E-state index contributed by atoms with van der Waals surface area (Å²) in [6, 6.07) is 47.0. The van der Waals surface area contributed by atoms with E-state index < -0.39 is 0 Å². The third-order valence-corrected chi connectivity index (χ3v) is 14.6. The van der Waals surface area contributed by atoms with Gasteiger partial charge in [-0.25, -0.2) is 0 Å². The SMILES string of the molecule is Cc1cc(C)c2c(c1)C1(C)CCCCC1(C)N2c1ccc2c(c1)N(c1ccc(C(C)(C)C)cc1)c1cc(C(C)(C)C)cc3c1B2c1ccccc1N3c1ccccc1. The lowest BCUT2D eigenvalue weighted by Gasteiger charge is -2.51. The van der Waals surface area contributed by atoms with Crippen molar-refractivity contribution in [1.82, 2.24) is 0 Å². The lowest BCUT2D eigenvalue weighted by molar-refractivity contribution is 0.195. The molecule has 6 aromatic rings. The quantitative estimate of drug-likeness (QED) is 0.166. The fourth-order valence-electron chi connectivity index (χ4n) is 11.4. The van der Waals surface area contributed by atoms with E-state index in [9.17, 15) is 0 Å². The molecule has 0 radical (unpaired) electrons. The molecule has 3 aliphatic heterocycles. The summed E-state index contributed by atoms with van der Waals surface area (Å²) in [5.41, 5.74) is 21.3. The molecule has 292 valence electrons. The fourth-order valence-corrected chi connectivity index (χ4v) is 11.4. The number of nitrogens with zero attached hydrogens (tertiary/aromatic N) is 3. The molecule has 2 atom stereocenters. The van der Waals surface area contributed by atoms with Gasteiger partial charge in [-0.2, -0.15) is 0 Å². The number of anilines is 8. The standard InChI is InChI=1S/C54H58BN3/c1-35-30-36(2)50-42(31-35)53(9)28-16-17-29-54(53,10)58(50)41-26-27-44-46(34-41)57(40-24-22-37(23-25-40)51(3,4)5)48-33-38(52(6,7)8)32-47-49(48)55(44)43-20-14-15-21-45(43)56(47)39-18-12-11-13-19-39/h11-15,18-27,30-34H,16-17,28-29H2,1-10H3. The van der Waals surface area contributed by atoms with Crippen LogP contribution in [-0.2, 0) is 16.2 Å². The Kier molecular flexibility index (Phi) is 8.08. The summed E-state index contributed by atoms with van der Waals surface area (Å²) >= 11 is 0. The number of rotatable bonds is 3. The molecule has 1 aliphatic carbocycles. The van der Waals surface area contributed by atoms with Gasteiger partial charge < -0.3 is 14.7 Å². The van der Waals surface area contributed by atoms with Crippen LogP contribution in [-0.4, -0.2) is 12.3 Å². The lowest BCUT2D eigenvalue weighted by atomic mass is 9.33. The number of fused-ring (bicyclic) bond motifs is 7. The van der Waals surface area contributed by atoms with Gasteiger partial charge in [-0.15, -0.1) is 0 Å². The molecule has 3 heterocycles. The van der Waals surface area contributed by atoms with E-state index in [4.69, 9.17) is 0 Å². The zero-order valence-electron chi connectivity index (χ0n) is 36.3. The monoisotopic (exact) mass is 759 g/mol. The van der Waals surface area contributed by atoms with E-state index in [0.29, 0.717) is 0 Å². The Morgan fingerprint density at radius 3 is 1.81 bits per heavy atom. The second-order valence-electron chi connectivity index (χ2n) is 20.3. The van der Waals surface area contributed by atoms with Gasteiger partial charge in [0.05, 0.1) is 5.54 Å². The Morgan fingerprint density at radius 1 is 0.534 bits per heavy atom. The smallest absolute Gasteiger partial charge is 0.252 e. The Labute approximate surface area is 347 Å². The van der Waals surface area contributed by atoms with Gasteiger partial charge in [0.25, 0.3) is 6.71 Å². The van der Waals surface area contributed by atoms with Crippen LogP contribution in [0.3, 0.4) is 0 Å². The first-order valence-electron chi connectivity index (χ1n) is 21.7. The molecule has 0 spiro atoms. The Morgan fingerprint density at radius 2 is 1.12 bits per heavy atom. The fraction of sp³-hybridized carbons (Fsp3) is 0.333. The van der Waals surface area contributed by atoms with Gasteiger partial charge in [0, 0.05) is 50.9 Å². The topological polar surface area (TPSA) is 9.72 Å². The third kappa shape index (κ3) is 5.25. The second-order valence-corrected chi connectivity index (χ2v) is 20.3. The van der Waals surface area contributed by atoms with Crippen molar-refractivity contribution in [2.45, 2.75) is 117 Å². The van der Waals surface area contributed by atoms with E-state index in [0.717, 1.165) is 0 Å². The summed E-state index contributed by atoms with van der Waals surface area (Å²) in [6.07, 6.45) is 4.94. The minimum atomic E-state index is -0.0703. The molecule has 4 heteroatoms. The van der Waals surface area contributed by atoms with Gasteiger partial charge in [-0.05, 0) is 138 Å². The zero-order valence-corrected chi connectivity index (χ0v) is 36.3. The minimum Gasteiger partial charge on any atom is -0.334 e. The summed E-state index contributed by atoms with van der Waals surface area (Å²) in [4.78, 5) is 7.93. The highest BCUT2D eigenvalue weighted by molar-refractivity contribution is 7.00. The molecule has 0 N–H and O–H groups in total. The molecule has 4 aliphatic rings. The predicted molar refractivity (Wildman–Crippen MR) is 250 cm³/mol. The van der Waals surface area contributed by atoms with Crippen molar-refractivity contribution in [3.63, 3.8) is 0 Å². The minimum absolute atomic E-state index is 0.0354. The highest BCUT2D eigenvalue weighted by Crippen LogP contribution is 2.62. The molecule has 6 aromatic carbocycles. The van der Waals surface area contributed by atoms with Crippen molar-refractivity contribution >= 4 is 68.6 Å². The number of aryl methyl sites for hydroxylation is 2. The molecular formula is C54H58BN3. The molecule has 1 saturated carbocycles. The molecule has 10 rings (SSSR count). The molecule has 58 heavy (non-hydrogen) atoms. The summed E-state index contributed by atoms with van der Waals surface area (Å²) < 4.78 is 0. The Balaban J connectivity index is 1.28. The van der Waals surface area contributed by atoms with Gasteiger partial charge in [0.1, 0.15) is 0 Å². The predicted octanol–water partition coefficient (Wildman–Crippen LogP) is 12.7. The van der Waals surface area contributed by atoms with Crippen LogP contribution in [0.5, 0.6) is 0 Å². The van der Waals surface area contributed by atoms with Crippen LogP contribution in [0.25, 0.3) is 0 Å². The van der Waals surface area contributed by atoms with E-state index in [2.05, 4.69) is 205 Å². The Hall–Kier alpha value is -5.22. The maximum Gasteiger partial charge on any atom is 0.252 e. The second kappa shape index (κ2) is 12.6. The van der Waals surface area contributed by atoms with E-state index in [-0.39, 0.29) is 28.5 Å². The first-order chi connectivity index (χ1) is 27.6. The van der Waals surface area contributed by atoms with E-state index in [1.807, 2.05) is 0 Å². The highest BCUT2D eigenvalue weighted by atomic mass is 15.3. The van der Waals surface area contributed by atoms with Crippen molar-refractivity contribution in [2.24, 2.45) is 0 Å². The maximum absolute atomic E-state index is 2.79. The molecule has 2 unspecified atom stereocenters. The van der Waals surface area contributed by atoms with Crippen molar-refractivity contribution < 1.29 is 0 Å². The maximum atomic E-state index is 2.79. The first-order valence-corrected chi connectivity index (χ1v) is 21.7. The van der Waals surface area contributed by atoms with E-state index >= 15 is 0 Å². The largest absolute Gasteiger partial charge is 0.334 e. The van der Waals surface area contributed by atoms with Gasteiger partial charge in [0.2, 0.25) is 0 Å². The molecule has 0 amide bonds. The summed E-state index contributed by atoms with van der Waals surface area (Å²) in [5, 5.41) is 0. The highest BCUT2D eigenvalue weighted by Gasteiger charge is 2.58. The number of para-hydroxylation sites is 2. The van der Waals surface area contributed by atoms with Gasteiger partial charge in [-0.1, -0.05) is 134 Å². The van der Waals surface area contributed by atoms with Gasteiger partial charge >= 0.3 is 0 Å². The van der Waals surface area contributed by atoms with Crippen molar-refractivity contribution in [3.05, 3.63) is 149 Å². The molecule has 1 fully saturated rings. The normalized spacial score (nSPS) is 20.7. The number of benzene rings is 6. The van der Waals surface area contributed by atoms with Crippen LogP contribution in [0.1, 0.15) is 109 Å². The summed E-state index contributed by atoms with van der Waals surface area (Å²) in [5.74, 6) is 0. The van der Waals surface area contributed by atoms with Crippen molar-refractivity contribution in [3.8, 4) is 0 Å². The average Bonchev–Trinajstić information content (AvgIpc) is 3.40. The molecule has 3 nitrogen and oxygen atoms in total. The van der Waals surface area contributed by atoms with E-state index in [1.54, 1.807) is 0 Å². The van der Waals surface area contributed by atoms with Crippen LogP contribution in [0, 0.1) is 13.8 Å².